The predicted molar refractivity (Wildman–Crippen MR) is 129 cm³/mol. The SMILES string of the molecule is CCOC(=O)c1nc(-c2cc(O[C@@H](C)C(F)(F)F)c(C(=O)Nc3c(F)cccc3Cl)cc2F)sc1C(C)(F)F. The maximum Gasteiger partial charge on any atom is 0.425 e. The number of benzene rings is 2. The molecule has 1 atom stereocenters. The van der Waals surface area contributed by atoms with E-state index in [0.29, 0.717) is 26.0 Å². The third kappa shape index (κ3) is 6.79. The molecule has 3 rings (SSSR count). The lowest BCUT2D eigenvalue weighted by Gasteiger charge is -2.20. The Balaban J connectivity index is 2.17. The fourth-order valence-electron chi connectivity index (χ4n) is 3.12. The van der Waals surface area contributed by atoms with Crippen molar-refractivity contribution in [1.82, 2.24) is 4.98 Å². The number of carbonyl (C=O) groups excluding carboxylic acids is 2. The highest BCUT2D eigenvalue weighted by atomic mass is 35.5. The highest BCUT2D eigenvalue weighted by molar-refractivity contribution is 7.15. The molecular weight excluding hydrogens is 581 g/mol. The number of alkyl halides is 5. The summed E-state index contributed by atoms with van der Waals surface area (Å²) in [5.41, 5.74) is -2.79. The van der Waals surface area contributed by atoms with Crippen LogP contribution >= 0.6 is 22.9 Å². The van der Waals surface area contributed by atoms with E-state index in [1.165, 1.54) is 19.1 Å². The summed E-state index contributed by atoms with van der Waals surface area (Å²) in [7, 11) is 0. The Bertz CT molecular complexity index is 1390. The summed E-state index contributed by atoms with van der Waals surface area (Å²) in [5.74, 6) is -9.24. The van der Waals surface area contributed by atoms with Gasteiger partial charge in [0.1, 0.15) is 27.3 Å². The quantitative estimate of drug-likeness (QED) is 0.213. The molecular formula is C24H18ClF7N2O4S. The van der Waals surface area contributed by atoms with Crippen molar-refractivity contribution in [2.24, 2.45) is 0 Å². The zero-order valence-electron chi connectivity index (χ0n) is 20.2. The standard InChI is InChI=1S/C24H18ClF7N2O4S/c1-4-37-22(36)18-19(23(3,28)29)39-21(34-18)11-9-16(38-10(2)24(30,31)32)12(8-15(11)27)20(35)33-17-13(25)6-5-7-14(17)26/h5-10H,4H2,1-3H3,(H,33,35)/t10-/m0/s1. The van der Waals surface area contributed by atoms with E-state index in [9.17, 15) is 35.9 Å². The van der Waals surface area contributed by atoms with Crippen molar-refractivity contribution in [1.29, 1.82) is 0 Å². The second-order valence-electron chi connectivity index (χ2n) is 7.99. The molecule has 0 spiro atoms. The van der Waals surface area contributed by atoms with E-state index in [0.717, 1.165) is 6.07 Å². The molecule has 0 saturated heterocycles. The number of hydrogen-bond donors (Lipinski definition) is 1. The Kier molecular flexibility index (Phi) is 8.80. The van der Waals surface area contributed by atoms with E-state index in [2.05, 4.69) is 4.98 Å². The Morgan fingerprint density at radius 1 is 1.13 bits per heavy atom. The highest BCUT2D eigenvalue weighted by Gasteiger charge is 2.39. The van der Waals surface area contributed by atoms with E-state index < -0.39 is 79.9 Å². The molecule has 0 radical (unpaired) electrons. The van der Waals surface area contributed by atoms with Crippen molar-refractivity contribution >= 4 is 40.5 Å². The first-order valence-corrected chi connectivity index (χ1v) is 12.1. The van der Waals surface area contributed by atoms with E-state index in [1.54, 1.807) is 0 Å². The molecule has 0 aliphatic rings. The van der Waals surface area contributed by atoms with Crippen LogP contribution in [0.3, 0.4) is 0 Å². The molecule has 210 valence electrons. The van der Waals surface area contributed by atoms with Gasteiger partial charge >= 0.3 is 12.1 Å². The second kappa shape index (κ2) is 11.4. The van der Waals surface area contributed by atoms with Gasteiger partial charge in [-0.3, -0.25) is 4.79 Å². The molecule has 0 fully saturated rings. The normalized spacial score (nSPS) is 12.7. The van der Waals surface area contributed by atoms with Gasteiger partial charge < -0.3 is 14.8 Å². The van der Waals surface area contributed by atoms with Crippen LogP contribution in [0.5, 0.6) is 5.75 Å². The van der Waals surface area contributed by atoms with Crippen LogP contribution in [0.15, 0.2) is 30.3 Å². The van der Waals surface area contributed by atoms with Crippen LogP contribution in [0.2, 0.25) is 5.02 Å². The largest absolute Gasteiger partial charge is 0.480 e. The molecule has 1 N–H and O–H groups in total. The van der Waals surface area contributed by atoms with Gasteiger partial charge in [-0.2, -0.15) is 13.2 Å². The third-order valence-electron chi connectivity index (χ3n) is 5.00. The van der Waals surface area contributed by atoms with Crippen LogP contribution in [-0.2, 0) is 10.7 Å². The molecule has 0 aliphatic carbocycles. The van der Waals surface area contributed by atoms with Gasteiger partial charge in [0.25, 0.3) is 11.8 Å². The monoisotopic (exact) mass is 598 g/mol. The van der Waals surface area contributed by atoms with E-state index in [-0.39, 0.29) is 23.0 Å². The first kappa shape index (κ1) is 30.2. The summed E-state index contributed by atoms with van der Waals surface area (Å²) in [6.07, 6.45) is -7.44. The fraction of sp³-hybridized carbons (Fsp3) is 0.292. The van der Waals surface area contributed by atoms with Crippen LogP contribution < -0.4 is 10.1 Å². The number of aromatic nitrogens is 1. The number of halogens is 8. The molecule has 6 nitrogen and oxygen atoms in total. The number of anilines is 1. The van der Waals surface area contributed by atoms with Gasteiger partial charge in [-0.25, -0.2) is 27.3 Å². The smallest absolute Gasteiger partial charge is 0.425 e. The van der Waals surface area contributed by atoms with Crippen molar-refractivity contribution in [3.63, 3.8) is 0 Å². The lowest BCUT2D eigenvalue weighted by atomic mass is 10.1. The Hall–Kier alpha value is -3.39. The first-order chi connectivity index (χ1) is 18.0. The number of hydrogen-bond acceptors (Lipinski definition) is 6. The van der Waals surface area contributed by atoms with Gasteiger partial charge in [0, 0.05) is 12.5 Å². The maximum absolute atomic E-state index is 15.2. The number of esters is 1. The van der Waals surface area contributed by atoms with Crippen molar-refractivity contribution < 1.29 is 49.8 Å². The van der Waals surface area contributed by atoms with Gasteiger partial charge in [-0.15, -0.1) is 11.3 Å². The summed E-state index contributed by atoms with van der Waals surface area (Å²) < 4.78 is 107. The van der Waals surface area contributed by atoms with Crippen LogP contribution in [0.25, 0.3) is 10.6 Å². The summed E-state index contributed by atoms with van der Waals surface area (Å²) in [5, 5.41) is 1.27. The average Bonchev–Trinajstić information content (AvgIpc) is 3.28. The minimum absolute atomic E-state index is 0.183. The van der Waals surface area contributed by atoms with Gasteiger partial charge in [0.2, 0.25) is 0 Å². The molecule has 0 aliphatic heterocycles. The van der Waals surface area contributed by atoms with Crippen LogP contribution in [0.4, 0.5) is 36.4 Å². The maximum atomic E-state index is 15.2. The third-order valence-corrected chi connectivity index (χ3v) is 6.58. The number of carbonyl (C=O) groups is 2. The number of para-hydroxylation sites is 1. The van der Waals surface area contributed by atoms with Crippen molar-refractivity contribution in [2.45, 2.75) is 39.0 Å². The van der Waals surface area contributed by atoms with Gasteiger partial charge in [-0.1, -0.05) is 17.7 Å². The molecule has 0 bridgehead atoms. The molecule has 15 heteroatoms. The number of thiazole rings is 1. The number of rotatable bonds is 8. The number of ether oxygens (including phenoxy) is 2. The zero-order valence-corrected chi connectivity index (χ0v) is 21.8. The average molecular weight is 599 g/mol. The Morgan fingerprint density at radius 3 is 2.36 bits per heavy atom. The van der Waals surface area contributed by atoms with Crippen LogP contribution in [0, 0.1) is 11.6 Å². The molecule has 1 amide bonds. The van der Waals surface area contributed by atoms with E-state index >= 15 is 4.39 Å². The molecule has 1 heterocycles. The Labute approximate surface area is 225 Å². The first-order valence-electron chi connectivity index (χ1n) is 10.9. The molecule has 0 saturated carbocycles. The van der Waals surface area contributed by atoms with Crippen LogP contribution in [0.1, 0.15) is 46.5 Å². The van der Waals surface area contributed by atoms with Gasteiger partial charge in [0.15, 0.2) is 11.8 Å². The minimum Gasteiger partial charge on any atom is -0.480 e. The molecule has 0 unspecified atom stereocenters. The topological polar surface area (TPSA) is 77.5 Å². The molecule has 1 aromatic heterocycles. The number of nitrogens with zero attached hydrogens (tertiary/aromatic N) is 1. The minimum atomic E-state index is -4.92. The van der Waals surface area contributed by atoms with Crippen molar-refractivity contribution in [2.75, 3.05) is 11.9 Å². The van der Waals surface area contributed by atoms with E-state index in [1.807, 2.05) is 5.32 Å². The molecule has 39 heavy (non-hydrogen) atoms. The van der Waals surface area contributed by atoms with Crippen molar-refractivity contribution in [3.05, 3.63) is 63.1 Å². The van der Waals surface area contributed by atoms with Crippen LogP contribution in [-0.4, -0.2) is 35.7 Å². The fourth-order valence-corrected chi connectivity index (χ4v) is 4.33. The van der Waals surface area contributed by atoms with Gasteiger partial charge in [0.05, 0.1) is 22.9 Å². The van der Waals surface area contributed by atoms with Crippen molar-refractivity contribution in [3.8, 4) is 16.3 Å². The van der Waals surface area contributed by atoms with E-state index in [4.69, 9.17) is 21.1 Å². The Morgan fingerprint density at radius 2 is 1.79 bits per heavy atom. The summed E-state index contributed by atoms with van der Waals surface area (Å²) >= 11 is 6.06. The second-order valence-corrected chi connectivity index (χ2v) is 9.39. The van der Waals surface area contributed by atoms with Gasteiger partial charge in [-0.05, 0) is 38.1 Å². The number of amides is 1. The molecule has 3 aromatic rings. The highest BCUT2D eigenvalue weighted by Crippen LogP contribution is 2.41. The molecule has 2 aromatic carbocycles. The summed E-state index contributed by atoms with van der Waals surface area (Å²) in [6.45, 7) is 2.30. The predicted octanol–water partition coefficient (Wildman–Crippen LogP) is 7.61. The lowest BCUT2D eigenvalue weighted by Crippen LogP contribution is -2.32. The zero-order chi connectivity index (χ0) is 29.3. The summed E-state index contributed by atoms with van der Waals surface area (Å²) in [6, 6.07) is 4.50. The number of nitrogens with one attached hydrogen (secondary N) is 1. The summed E-state index contributed by atoms with van der Waals surface area (Å²) in [4.78, 5) is 27.9. The lowest BCUT2D eigenvalue weighted by molar-refractivity contribution is -0.189.